The molecule has 178 valence electrons. The Kier molecular flexibility index (Phi) is 7.20. The van der Waals surface area contributed by atoms with E-state index >= 15 is 0 Å². The van der Waals surface area contributed by atoms with E-state index in [1.165, 1.54) is 0 Å². The first-order valence-corrected chi connectivity index (χ1v) is 11.9. The largest absolute Gasteiger partial charge is 0.444 e. The molecule has 2 fully saturated rings. The molecule has 2 aliphatic rings. The van der Waals surface area contributed by atoms with Gasteiger partial charge in [-0.2, -0.15) is 0 Å². The number of fused-ring (bicyclic) bond motifs is 1. The first-order chi connectivity index (χ1) is 15.8. The Morgan fingerprint density at radius 1 is 1.03 bits per heavy atom. The van der Waals surface area contributed by atoms with Crippen molar-refractivity contribution in [3.8, 4) is 0 Å². The monoisotopic (exact) mass is 453 g/mol. The number of hydrogen-bond acceptors (Lipinski definition) is 5. The molecule has 7 nitrogen and oxygen atoms in total. The smallest absolute Gasteiger partial charge is 0.412 e. The molecule has 2 aromatic rings. The fourth-order valence-electron chi connectivity index (χ4n) is 4.57. The van der Waals surface area contributed by atoms with Crippen LogP contribution in [0.15, 0.2) is 36.4 Å². The molecule has 4 rings (SSSR count). The number of benzene rings is 2. The number of nitrogens with one attached hydrogen (secondary N) is 1. The lowest BCUT2D eigenvalue weighted by Crippen LogP contribution is -2.44. The number of carbonyl (C=O) groups is 2. The van der Waals surface area contributed by atoms with E-state index in [1.54, 1.807) is 0 Å². The van der Waals surface area contributed by atoms with Gasteiger partial charge in [0.15, 0.2) is 0 Å². The normalized spacial score (nSPS) is 18.3. The average Bonchev–Trinajstić information content (AvgIpc) is 2.78. The predicted molar refractivity (Wildman–Crippen MR) is 130 cm³/mol. The molecule has 2 amide bonds. The third kappa shape index (κ3) is 6.24. The molecule has 0 aliphatic carbocycles. The van der Waals surface area contributed by atoms with Crippen LogP contribution in [0.5, 0.6) is 0 Å². The highest BCUT2D eigenvalue weighted by Gasteiger charge is 2.28. The summed E-state index contributed by atoms with van der Waals surface area (Å²) in [6.45, 7) is 11.6. The highest BCUT2D eigenvalue weighted by Crippen LogP contribution is 2.28. The minimum Gasteiger partial charge on any atom is -0.444 e. The SMILES string of the molecule is CC(C)(C)OC(=O)Nc1cc2ccccc2cc1C(=O)N1CCC(CN2CCOCC2)CC1. The van der Waals surface area contributed by atoms with Crippen molar-refractivity contribution >= 4 is 28.5 Å². The van der Waals surface area contributed by atoms with Crippen molar-refractivity contribution in [3.63, 3.8) is 0 Å². The number of amides is 2. The molecule has 33 heavy (non-hydrogen) atoms. The number of rotatable bonds is 4. The van der Waals surface area contributed by atoms with Crippen molar-refractivity contribution in [2.24, 2.45) is 5.92 Å². The van der Waals surface area contributed by atoms with Crippen LogP contribution >= 0.6 is 0 Å². The van der Waals surface area contributed by atoms with Gasteiger partial charge < -0.3 is 14.4 Å². The molecule has 0 unspecified atom stereocenters. The van der Waals surface area contributed by atoms with Crippen LogP contribution in [-0.2, 0) is 9.47 Å². The first-order valence-electron chi connectivity index (χ1n) is 11.9. The molecule has 0 bridgehead atoms. The number of carbonyl (C=O) groups excluding carboxylic acids is 2. The minimum absolute atomic E-state index is 0.0448. The topological polar surface area (TPSA) is 71.1 Å². The van der Waals surface area contributed by atoms with E-state index in [2.05, 4.69) is 10.2 Å². The number of hydrogen-bond donors (Lipinski definition) is 1. The van der Waals surface area contributed by atoms with Gasteiger partial charge in [-0.1, -0.05) is 24.3 Å². The van der Waals surface area contributed by atoms with E-state index in [9.17, 15) is 9.59 Å². The van der Waals surface area contributed by atoms with Gasteiger partial charge in [0, 0.05) is 32.7 Å². The van der Waals surface area contributed by atoms with Crippen molar-refractivity contribution in [2.45, 2.75) is 39.2 Å². The van der Waals surface area contributed by atoms with Crippen LogP contribution in [0.25, 0.3) is 10.8 Å². The molecule has 0 spiro atoms. The summed E-state index contributed by atoms with van der Waals surface area (Å²) < 4.78 is 10.9. The van der Waals surface area contributed by atoms with Crippen LogP contribution in [0.1, 0.15) is 44.0 Å². The fraction of sp³-hybridized carbons (Fsp3) is 0.538. The Morgan fingerprint density at radius 3 is 2.30 bits per heavy atom. The fourth-order valence-corrected chi connectivity index (χ4v) is 4.57. The second-order valence-corrected chi connectivity index (χ2v) is 10.0. The molecule has 2 saturated heterocycles. The molecule has 1 N–H and O–H groups in total. The van der Waals surface area contributed by atoms with Crippen LogP contribution in [0.4, 0.5) is 10.5 Å². The van der Waals surface area contributed by atoms with Gasteiger partial charge in [-0.3, -0.25) is 15.0 Å². The Balaban J connectivity index is 1.48. The molecule has 0 aromatic heterocycles. The Morgan fingerprint density at radius 2 is 1.67 bits per heavy atom. The summed E-state index contributed by atoms with van der Waals surface area (Å²) in [6.07, 6.45) is 1.42. The molecule has 0 radical (unpaired) electrons. The van der Waals surface area contributed by atoms with E-state index in [-0.39, 0.29) is 5.91 Å². The van der Waals surface area contributed by atoms with E-state index in [0.29, 0.717) is 17.2 Å². The summed E-state index contributed by atoms with van der Waals surface area (Å²) in [4.78, 5) is 30.4. The highest BCUT2D eigenvalue weighted by molar-refractivity contribution is 6.07. The zero-order valence-electron chi connectivity index (χ0n) is 19.9. The predicted octanol–water partition coefficient (Wildman–Crippen LogP) is 4.37. The van der Waals surface area contributed by atoms with Crippen molar-refractivity contribution in [1.29, 1.82) is 0 Å². The summed E-state index contributed by atoms with van der Waals surface area (Å²) in [5, 5.41) is 4.75. The zero-order chi connectivity index (χ0) is 23.4. The zero-order valence-corrected chi connectivity index (χ0v) is 19.9. The van der Waals surface area contributed by atoms with Crippen molar-refractivity contribution in [3.05, 3.63) is 42.0 Å². The third-order valence-corrected chi connectivity index (χ3v) is 6.27. The Bertz CT molecular complexity index is 987. The number of likely N-dealkylation sites (tertiary alicyclic amines) is 1. The molecule has 2 heterocycles. The molecule has 0 atom stereocenters. The number of morpholine rings is 1. The van der Waals surface area contributed by atoms with Gasteiger partial charge in [-0.15, -0.1) is 0 Å². The lowest BCUT2D eigenvalue weighted by molar-refractivity contribution is 0.0243. The number of ether oxygens (including phenoxy) is 2. The van der Waals surface area contributed by atoms with Gasteiger partial charge in [-0.25, -0.2) is 4.79 Å². The van der Waals surface area contributed by atoms with Crippen molar-refractivity contribution < 1.29 is 19.1 Å². The van der Waals surface area contributed by atoms with Crippen molar-refractivity contribution in [2.75, 3.05) is 51.3 Å². The lowest BCUT2D eigenvalue weighted by Gasteiger charge is -2.36. The number of piperidine rings is 1. The maximum Gasteiger partial charge on any atom is 0.412 e. The quantitative estimate of drug-likeness (QED) is 0.744. The van der Waals surface area contributed by atoms with Gasteiger partial charge >= 0.3 is 6.09 Å². The molecule has 2 aliphatic heterocycles. The van der Waals surface area contributed by atoms with E-state index < -0.39 is 11.7 Å². The third-order valence-electron chi connectivity index (χ3n) is 6.27. The molecule has 0 saturated carbocycles. The van der Waals surface area contributed by atoms with Gasteiger partial charge in [-0.05, 0) is 62.4 Å². The lowest BCUT2D eigenvalue weighted by atomic mass is 9.95. The standard InChI is InChI=1S/C26H35N3O4/c1-26(2,3)33-25(31)27-23-17-21-7-5-4-6-20(21)16-22(23)24(30)29-10-8-19(9-11-29)18-28-12-14-32-15-13-28/h4-7,16-17,19H,8-15,18H2,1-3H3,(H,27,31). The van der Waals surface area contributed by atoms with E-state index in [1.807, 2.05) is 62.1 Å². The van der Waals surface area contributed by atoms with Gasteiger partial charge in [0.2, 0.25) is 0 Å². The van der Waals surface area contributed by atoms with Crippen LogP contribution in [0.2, 0.25) is 0 Å². The van der Waals surface area contributed by atoms with Crippen LogP contribution in [0.3, 0.4) is 0 Å². The summed E-state index contributed by atoms with van der Waals surface area (Å²) in [7, 11) is 0. The maximum absolute atomic E-state index is 13.5. The van der Waals surface area contributed by atoms with E-state index in [4.69, 9.17) is 9.47 Å². The second kappa shape index (κ2) is 10.1. The first kappa shape index (κ1) is 23.5. The maximum atomic E-state index is 13.5. The Hall–Kier alpha value is -2.64. The number of anilines is 1. The second-order valence-electron chi connectivity index (χ2n) is 10.0. The molecular weight excluding hydrogens is 418 g/mol. The summed E-state index contributed by atoms with van der Waals surface area (Å²) in [6, 6.07) is 11.6. The van der Waals surface area contributed by atoms with Gasteiger partial charge in [0.25, 0.3) is 5.91 Å². The van der Waals surface area contributed by atoms with Gasteiger partial charge in [0.05, 0.1) is 24.5 Å². The van der Waals surface area contributed by atoms with E-state index in [0.717, 1.165) is 69.6 Å². The average molecular weight is 454 g/mol. The number of nitrogens with zero attached hydrogens (tertiary/aromatic N) is 2. The highest BCUT2D eigenvalue weighted by atomic mass is 16.6. The minimum atomic E-state index is -0.618. The molecule has 7 heteroatoms. The molecule has 2 aromatic carbocycles. The van der Waals surface area contributed by atoms with Crippen molar-refractivity contribution in [1.82, 2.24) is 9.80 Å². The summed E-state index contributed by atoms with van der Waals surface area (Å²) >= 11 is 0. The Labute approximate surface area is 196 Å². The summed E-state index contributed by atoms with van der Waals surface area (Å²) in [5.41, 5.74) is 0.377. The molecular formula is C26H35N3O4. The van der Waals surface area contributed by atoms with Crippen LogP contribution in [0, 0.1) is 5.92 Å². The van der Waals surface area contributed by atoms with Gasteiger partial charge in [0.1, 0.15) is 5.60 Å². The van der Waals surface area contributed by atoms with Crippen LogP contribution < -0.4 is 5.32 Å². The van der Waals surface area contributed by atoms with Crippen LogP contribution in [-0.4, -0.2) is 73.3 Å². The summed E-state index contributed by atoms with van der Waals surface area (Å²) in [5.74, 6) is 0.555.